The van der Waals surface area contributed by atoms with Crippen molar-refractivity contribution in [3.8, 4) is 0 Å². The number of unbranched alkanes of at least 4 members (excludes halogenated alkanes) is 4. The molecule has 1 aromatic carbocycles. The van der Waals surface area contributed by atoms with Crippen LogP contribution in [0.2, 0.25) is 5.02 Å². The van der Waals surface area contributed by atoms with E-state index in [1.807, 2.05) is 30.5 Å². The number of aromatic nitrogens is 2. The van der Waals surface area contributed by atoms with Crippen LogP contribution < -0.4 is 0 Å². The molecule has 1 fully saturated rings. The van der Waals surface area contributed by atoms with E-state index in [1.54, 1.807) is 11.8 Å². The van der Waals surface area contributed by atoms with Gasteiger partial charge in [-0.05, 0) is 61.3 Å². The Morgan fingerprint density at radius 3 is 2.00 bits per heavy atom. The van der Waals surface area contributed by atoms with E-state index in [1.165, 1.54) is 0 Å². The van der Waals surface area contributed by atoms with E-state index in [0.717, 1.165) is 73.2 Å². The van der Waals surface area contributed by atoms with Crippen LogP contribution in [0.25, 0.3) is 0 Å². The van der Waals surface area contributed by atoms with E-state index >= 15 is 0 Å². The predicted octanol–water partition coefficient (Wildman–Crippen LogP) is 8.26. The van der Waals surface area contributed by atoms with Crippen molar-refractivity contribution in [1.82, 2.24) is 10.2 Å². The Labute approximate surface area is 269 Å². The summed E-state index contributed by atoms with van der Waals surface area (Å²) in [5.74, 6) is 0. The van der Waals surface area contributed by atoms with Crippen LogP contribution in [-0.2, 0) is 30.1 Å². The number of thioether (sulfide) groups is 1. The first-order valence-corrected chi connectivity index (χ1v) is 17.9. The lowest BCUT2D eigenvalue weighted by atomic mass is 9.89. The first-order chi connectivity index (χ1) is 21.1. The summed E-state index contributed by atoms with van der Waals surface area (Å²) in [7, 11) is 0. The van der Waals surface area contributed by atoms with E-state index in [0.29, 0.717) is 44.5 Å². The molecule has 1 aromatic heterocycles. The van der Waals surface area contributed by atoms with Gasteiger partial charge in [0.25, 0.3) is 0 Å². The third kappa shape index (κ3) is 11.6. The highest BCUT2D eigenvalue weighted by atomic mass is 35.5. The van der Waals surface area contributed by atoms with Crippen molar-refractivity contribution in [1.29, 1.82) is 0 Å². The van der Waals surface area contributed by atoms with Crippen molar-refractivity contribution in [3.63, 3.8) is 0 Å². The van der Waals surface area contributed by atoms with Gasteiger partial charge < -0.3 is 23.7 Å². The number of hydrogen-bond donors (Lipinski definition) is 0. The van der Waals surface area contributed by atoms with Crippen LogP contribution >= 0.6 is 23.4 Å². The summed E-state index contributed by atoms with van der Waals surface area (Å²) in [6, 6.07) is 10.1. The van der Waals surface area contributed by atoms with Crippen LogP contribution in [0.1, 0.15) is 102 Å². The lowest BCUT2D eigenvalue weighted by Gasteiger charge is -2.46. The van der Waals surface area contributed by atoms with Gasteiger partial charge in [0.05, 0.1) is 12.3 Å². The first kappa shape index (κ1) is 36.2. The second-order valence-electron chi connectivity index (χ2n) is 11.2. The molecule has 1 aliphatic heterocycles. The monoisotopic (exact) mass is 636 g/mol. The zero-order valence-electron chi connectivity index (χ0n) is 26.9. The highest BCUT2D eigenvalue weighted by molar-refractivity contribution is 7.98. The molecule has 5 atom stereocenters. The van der Waals surface area contributed by atoms with Crippen LogP contribution in [0, 0.1) is 0 Å². The number of nitrogens with zero attached hydrogens (tertiary/aromatic N) is 2. The standard InChI is InChI=1S/C34H53ClN2O5S/c1-6-10-18-38-24-29-32(39-19-11-7-2)34(41-21-13-9-4)33(40-20-12-8-3)31(42-29)25-14-16-28(35)26(22-25)23-27-15-17-30(43-5)37-36-27/h14-17,22,29,31-34H,6-13,18-21,23-24H2,1-5H3/t29-,31+,32-,33+,34+/m1/s1. The summed E-state index contributed by atoms with van der Waals surface area (Å²) in [6.07, 6.45) is 9.18. The minimum absolute atomic E-state index is 0.287. The SMILES string of the molecule is CCCCOC[C@H]1O[C@@H](c2ccc(Cl)c(Cc3ccc(SC)nn3)c2)[C@H](OCCCC)[C@@H](OCCCC)[C@@H]1OCCCC. The van der Waals surface area contributed by atoms with E-state index < -0.39 is 0 Å². The summed E-state index contributed by atoms with van der Waals surface area (Å²) in [6.45, 7) is 11.8. The maximum atomic E-state index is 6.92. The Morgan fingerprint density at radius 2 is 1.40 bits per heavy atom. The summed E-state index contributed by atoms with van der Waals surface area (Å²) >= 11 is 8.30. The van der Waals surface area contributed by atoms with Crippen molar-refractivity contribution in [3.05, 3.63) is 52.2 Å². The molecule has 0 spiro atoms. The summed E-state index contributed by atoms with van der Waals surface area (Å²) < 4.78 is 32.9. The Kier molecular flexibility index (Phi) is 17.4. The van der Waals surface area contributed by atoms with Crippen LogP contribution in [-0.4, -0.2) is 73.9 Å². The zero-order valence-corrected chi connectivity index (χ0v) is 28.5. The molecule has 2 heterocycles. The maximum Gasteiger partial charge on any atom is 0.119 e. The minimum atomic E-state index is -0.366. The molecule has 0 amide bonds. The summed E-state index contributed by atoms with van der Waals surface area (Å²) in [5.41, 5.74) is 2.84. The number of rotatable bonds is 21. The molecule has 242 valence electrons. The lowest BCUT2D eigenvalue weighted by Crippen LogP contribution is -2.58. The van der Waals surface area contributed by atoms with Gasteiger partial charge in [-0.2, -0.15) is 5.10 Å². The van der Waals surface area contributed by atoms with E-state index in [-0.39, 0.29) is 30.5 Å². The number of halogens is 1. The maximum absolute atomic E-state index is 6.92. The molecule has 3 rings (SSSR count). The molecule has 1 saturated heterocycles. The number of ether oxygens (including phenoxy) is 5. The minimum Gasteiger partial charge on any atom is -0.379 e. The Hall–Kier alpha value is -1.26. The Bertz CT molecular complexity index is 1030. The van der Waals surface area contributed by atoms with Crippen LogP contribution in [0.4, 0.5) is 0 Å². The average molecular weight is 637 g/mol. The molecular formula is C34H53ClN2O5S. The highest BCUT2D eigenvalue weighted by Gasteiger charge is 2.48. The third-order valence-corrected chi connectivity index (χ3v) is 8.66. The van der Waals surface area contributed by atoms with Gasteiger partial charge in [-0.25, -0.2) is 0 Å². The molecule has 0 unspecified atom stereocenters. The fourth-order valence-electron chi connectivity index (χ4n) is 5.08. The summed E-state index contributed by atoms with van der Waals surface area (Å²) in [4.78, 5) is 0. The molecule has 0 aliphatic carbocycles. The van der Waals surface area contributed by atoms with E-state index in [2.05, 4.69) is 44.0 Å². The van der Waals surface area contributed by atoms with Gasteiger partial charge in [0.1, 0.15) is 35.5 Å². The van der Waals surface area contributed by atoms with Crippen LogP contribution in [0.15, 0.2) is 35.4 Å². The van der Waals surface area contributed by atoms with Crippen LogP contribution in [0.5, 0.6) is 0 Å². The van der Waals surface area contributed by atoms with Crippen molar-refractivity contribution in [2.45, 2.75) is 121 Å². The normalized spacial score (nSPS) is 22.2. The quantitative estimate of drug-likeness (QED) is 0.100. The largest absolute Gasteiger partial charge is 0.379 e. The smallest absolute Gasteiger partial charge is 0.119 e. The lowest BCUT2D eigenvalue weighted by molar-refractivity contribution is -0.268. The Balaban J connectivity index is 1.97. The van der Waals surface area contributed by atoms with Crippen molar-refractivity contribution >= 4 is 23.4 Å². The molecule has 0 saturated carbocycles. The Morgan fingerprint density at radius 1 is 0.767 bits per heavy atom. The molecule has 0 bridgehead atoms. The molecule has 0 N–H and O–H groups in total. The molecular weight excluding hydrogens is 584 g/mol. The molecule has 43 heavy (non-hydrogen) atoms. The molecule has 0 radical (unpaired) electrons. The fourth-order valence-corrected chi connectivity index (χ4v) is 5.59. The highest BCUT2D eigenvalue weighted by Crippen LogP contribution is 2.39. The van der Waals surface area contributed by atoms with Gasteiger partial charge in [-0.15, -0.1) is 16.9 Å². The van der Waals surface area contributed by atoms with Crippen molar-refractivity contribution < 1.29 is 23.7 Å². The molecule has 2 aromatic rings. The second-order valence-corrected chi connectivity index (χ2v) is 12.4. The van der Waals surface area contributed by atoms with Crippen molar-refractivity contribution in [2.24, 2.45) is 0 Å². The molecule has 1 aliphatic rings. The topological polar surface area (TPSA) is 71.9 Å². The van der Waals surface area contributed by atoms with Gasteiger partial charge in [0.2, 0.25) is 0 Å². The second kappa shape index (κ2) is 20.7. The van der Waals surface area contributed by atoms with E-state index in [4.69, 9.17) is 35.3 Å². The fraction of sp³-hybridized carbons (Fsp3) is 0.706. The van der Waals surface area contributed by atoms with Gasteiger partial charge in [0.15, 0.2) is 0 Å². The average Bonchev–Trinajstić information content (AvgIpc) is 3.02. The van der Waals surface area contributed by atoms with Gasteiger partial charge >= 0.3 is 0 Å². The predicted molar refractivity (Wildman–Crippen MR) is 175 cm³/mol. The number of benzene rings is 1. The summed E-state index contributed by atoms with van der Waals surface area (Å²) in [5, 5.41) is 10.3. The third-order valence-electron chi connectivity index (χ3n) is 7.66. The number of hydrogen-bond acceptors (Lipinski definition) is 8. The van der Waals surface area contributed by atoms with Gasteiger partial charge in [-0.1, -0.05) is 77.1 Å². The van der Waals surface area contributed by atoms with Crippen LogP contribution in [0.3, 0.4) is 0 Å². The molecule has 9 heteroatoms. The van der Waals surface area contributed by atoms with Crippen molar-refractivity contribution in [2.75, 3.05) is 39.3 Å². The zero-order chi connectivity index (χ0) is 30.9. The van der Waals surface area contributed by atoms with Gasteiger partial charge in [0, 0.05) is 37.9 Å². The van der Waals surface area contributed by atoms with Gasteiger partial charge in [-0.3, -0.25) is 0 Å². The van der Waals surface area contributed by atoms with E-state index in [9.17, 15) is 0 Å². The first-order valence-electron chi connectivity index (χ1n) is 16.3. The molecule has 7 nitrogen and oxygen atoms in total.